The molecule has 0 amide bonds. The average molecular weight is 590 g/mol. The lowest BCUT2D eigenvalue weighted by atomic mass is 9.92. The predicted octanol–water partition coefficient (Wildman–Crippen LogP) is 9.82. The summed E-state index contributed by atoms with van der Waals surface area (Å²) in [5, 5.41) is 2.35. The lowest BCUT2D eigenvalue weighted by Crippen LogP contribution is -2.00. The van der Waals surface area contributed by atoms with Gasteiger partial charge in [-0.1, -0.05) is 133 Å². The smallest absolute Gasteiger partial charge is 0.164 e. The fourth-order valence-electron chi connectivity index (χ4n) is 5.76. The van der Waals surface area contributed by atoms with E-state index in [1.165, 1.54) is 10.8 Å². The van der Waals surface area contributed by atoms with E-state index in [2.05, 4.69) is 71.7 Å². The van der Waals surface area contributed by atoms with Crippen LogP contribution in [-0.2, 0) is 0 Å². The van der Waals surface area contributed by atoms with Gasteiger partial charge in [-0.2, -0.15) is 0 Å². The normalized spacial score (nSPS) is 11.0. The maximum absolute atomic E-state index is 4.89. The van der Waals surface area contributed by atoms with Gasteiger partial charge in [-0.15, -0.1) is 0 Å². The SMILES string of the molecule is c1ccc(-c2nc(-c3ccccc3)nc(-c3ccc(-c4ccc(-c5ccc(-c6ccccn6)nc5)c5ccccc45)cc3)n2)cc1. The number of pyridine rings is 2. The van der Waals surface area contributed by atoms with E-state index in [0.717, 1.165) is 50.3 Å². The fourth-order valence-corrected chi connectivity index (χ4v) is 5.76. The molecule has 8 rings (SSSR count). The molecule has 0 aliphatic heterocycles. The number of nitrogens with zero attached hydrogens (tertiary/aromatic N) is 5. The molecule has 0 saturated heterocycles. The van der Waals surface area contributed by atoms with Crippen LogP contribution in [0.5, 0.6) is 0 Å². The molecule has 0 spiro atoms. The molecule has 3 aromatic heterocycles. The van der Waals surface area contributed by atoms with E-state index in [9.17, 15) is 0 Å². The molecular formula is C41H27N5. The molecule has 0 radical (unpaired) electrons. The number of rotatable bonds is 6. The van der Waals surface area contributed by atoms with Crippen molar-refractivity contribution in [2.75, 3.05) is 0 Å². The molecule has 0 aliphatic rings. The quantitative estimate of drug-likeness (QED) is 0.193. The molecule has 0 aliphatic carbocycles. The molecule has 5 aromatic carbocycles. The van der Waals surface area contributed by atoms with Crippen molar-refractivity contribution < 1.29 is 0 Å². The summed E-state index contributed by atoms with van der Waals surface area (Å²) < 4.78 is 0. The van der Waals surface area contributed by atoms with Crippen molar-refractivity contribution in [2.24, 2.45) is 0 Å². The summed E-state index contributed by atoms with van der Waals surface area (Å²) in [6, 6.07) is 51.5. The standard InChI is InChI=1S/C41H27N5/c1-3-11-29(12-4-1)39-44-40(30-13-5-2-6-14-30)46-41(45-39)31-20-18-28(19-21-31)33-23-24-34(36-16-8-7-15-35(33)36)32-22-25-38(43-27-32)37-17-9-10-26-42-37/h1-27H. The van der Waals surface area contributed by atoms with Gasteiger partial charge in [-0.05, 0) is 45.7 Å². The zero-order valence-corrected chi connectivity index (χ0v) is 24.8. The molecule has 0 unspecified atom stereocenters. The number of benzene rings is 5. The van der Waals surface area contributed by atoms with E-state index in [1.807, 2.05) is 91.1 Å². The van der Waals surface area contributed by atoms with Gasteiger partial charge in [0.15, 0.2) is 17.5 Å². The summed E-state index contributed by atoms with van der Waals surface area (Å²) in [6.07, 6.45) is 3.72. The third-order valence-electron chi connectivity index (χ3n) is 8.08. The van der Waals surface area contributed by atoms with Gasteiger partial charge >= 0.3 is 0 Å². The van der Waals surface area contributed by atoms with Crippen LogP contribution in [0, 0.1) is 0 Å². The van der Waals surface area contributed by atoms with Gasteiger partial charge in [0, 0.05) is 34.6 Å². The van der Waals surface area contributed by atoms with Crippen molar-refractivity contribution in [3.63, 3.8) is 0 Å². The first kappa shape index (κ1) is 27.2. The second-order valence-electron chi connectivity index (χ2n) is 11.0. The molecule has 0 saturated carbocycles. The third kappa shape index (κ3) is 5.31. The van der Waals surface area contributed by atoms with Crippen molar-refractivity contribution in [1.82, 2.24) is 24.9 Å². The van der Waals surface area contributed by atoms with Crippen molar-refractivity contribution in [2.45, 2.75) is 0 Å². The Morgan fingerprint density at radius 1 is 0.304 bits per heavy atom. The van der Waals surface area contributed by atoms with E-state index in [4.69, 9.17) is 19.9 Å². The highest BCUT2D eigenvalue weighted by Gasteiger charge is 2.14. The highest BCUT2D eigenvalue weighted by Crippen LogP contribution is 2.36. The summed E-state index contributed by atoms with van der Waals surface area (Å²) in [7, 11) is 0. The highest BCUT2D eigenvalue weighted by atomic mass is 15.0. The Morgan fingerprint density at radius 2 is 0.761 bits per heavy atom. The van der Waals surface area contributed by atoms with Gasteiger partial charge in [0.05, 0.1) is 11.4 Å². The van der Waals surface area contributed by atoms with Crippen LogP contribution in [0.4, 0.5) is 0 Å². The number of fused-ring (bicyclic) bond motifs is 1. The van der Waals surface area contributed by atoms with E-state index in [-0.39, 0.29) is 0 Å². The molecule has 0 fully saturated rings. The summed E-state index contributed by atoms with van der Waals surface area (Å²) in [6.45, 7) is 0. The largest absolute Gasteiger partial charge is 0.255 e. The Balaban J connectivity index is 1.16. The molecule has 8 aromatic rings. The van der Waals surface area contributed by atoms with Crippen LogP contribution >= 0.6 is 0 Å². The maximum Gasteiger partial charge on any atom is 0.164 e. The van der Waals surface area contributed by atoms with Crippen LogP contribution in [0.25, 0.3) is 78.6 Å². The van der Waals surface area contributed by atoms with E-state index >= 15 is 0 Å². The number of aromatic nitrogens is 5. The van der Waals surface area contributed by atoms with Crippen molar-refractivity contribution in [3.05, 3.63) is 164 Å². The Bertz CT molecular complexity index is 2210. The second-order valence-corrected chi connectivity index (χ2v) is 11.0. The van der Waals surface area contributed by atoms with Crippen LogP contribution in [0.15, 0.2) is 164 Å². The van der Waals surface area contributed by atoms with Crippen LogP contribution < -0.4 is 0 Å². The first-order valence-electron chi connectivity index (χ1n) is 15.2. The van der Waals surface area contributed by atoms with Crippen LogP contribution in [0.3, 0.4) is 0 Å². The van der Waals surface area contributed by atoms with E-state index in [1.54, 1.807) is 6.20 Å². The summed E-state index contributed by atoms with van der Waals surface area (Å²) >= 11 is 0. The molecule has 5 heteroatoms. The molecule has 0 N–H and O–H groups in total. The van der Waals surface area contributed by atoms with Gasteiger partial charge in [0.25, 0.3) is 0 Å². The molecule has 3 heterocycles. The van der Waals surface area contributed by atoms with Crippen LogP contribution in [-0.4, -0.2) is 24.9 Å². The average Bonchev–Trinajstić information content (AvgIpc) is 3.15. The first-order chi connectivity index (χ1) is 22.8. The van der Waals surface area contributed by atoms with Gasteiger partial charge in [-0.3, -0.25) is 9.97 Å². The highest BCUT2D eigenvalue weighted by molar-refractivity contribution is 6.05. The molecule has 46 heavy (non-hydrogen) atoms. The number of hydrogen-bond acceptors (Lipinski definition) is 5. The zero-order chi connectivity index (χ0) is 30.7. The molecule has 0 atom stereocenters. The zero-order valence-electron chi connectivity index (χ0n) is 24.8. The van der Waals surface area contributed by atoms with Gasteiger partial charge in [0.2, 0.25) is 0 Å². The van der Waals surface area contributed by atoms with Crippen molar-refractivity contribution >= 4 is 10.8 Å². The second kappa shape index (κ2) is 12.0. The molecule has 0 bridgehead atoms. The lowest BCUT2D eigenvalue weighted by Gasteiger charge is -2.13. The van der Waals surface area contributed by atoms with Crippen LogP contribution in [0.2, 0.25) is 0 Å². The Morgan fingerprint density at radius 3 is 1.28 bits per heavy atom. The van der Waals surface area contributed by atoms with Gasteiger partial charge < -0.3 is 0 Å². The van der Waals surface area contributed by atoms with Gasteiger partial charge in [-0.25, -0.2) is 15.0 Å². The minimum atomic E-state index is 0.640. The van der Waals surface area contributed by atoms with E-state index < -0.39 is 0 Å². The Kier molecular flexibility index (Phi) is 7.09. The summed E-state index contributed by atoms with van der Waals surface area (Å²) in [5.41, 5.74) is 9.05. The fraction of sp³-hybridized carbons (Fsp3) is 0. The van der Waals surface area contributed by atoms with E-state index in [0.29, 0.717) is 17.5 Å². The van der Waals surface area contributed by atoms with Crippen molar-refractivity contribution in [3.8, 4) is 67.8 Å². The van der Waals surface area contributed by atoms with Crippen molar-refractivity contribution in [1.29, 1.82) is 0 Å². The summed E-state index contributed by atoms with van der Waals surface area (Å²) in [4.78, 5) is 23.8. The minimum Gasteiger partial charge on any atom is -0.255 e. The van der Waals surface area contributed by atoms with Crippen LogP contribution in [0.1, 0.15) is 0 Å². The number of hydrogen-bond donors (Lipinski definition) is 0. The Hall–Kier alpha value is -6.33. The minimum absolute atomic E-state index is 0.640. The molecule has 5 nitrogen and oxygen atoms in total. The Labute approximate surface area is 267 Å². The lowest BCUT2D eigenvalue weighted by molar-refractivity contribution is 1.07. The summed E-state index contributed by atoms with van der Waals surface area (Å²) in [5.74, 6) is 1.94. The monoisotopic (exact) mass is 589 g/mol. The molecular weight excluding hydrogens is 562 g/mol. The predicted molar refractivity (Wildman–Crippen MR) is 186 cm³/mol. The topological polar surface area (TPSA) is 64.5 Å². The maximum atomic E-state index is 4.89. The first-order valence-corrected chi connectivity index (χ1v) is 15.2. The molecule has 216 valence electrons. The van der Waals surface area contributed by atoms with Gasteiger partial charge in [0.1, 0.15) is 0 Å². The third-order valence-corrected chi connectivity index (χ3v) is 8.08.